The number of aromatic carboxylic acids is 1. The van der Waals surface area contributed by atoms with E-state index in [1.54, 1.807) is 12.1 Å². The Bertz CT molecular complexity index is 563. The lowest BCUT2D eigenvalue weighted by Crippen LogP contribution is -1.96. The normalized spacial score (nSPS) is 9.95. The summed E-state index contributed by atoms with van der Waals surface area (Å²) < 4.78 is 0. The highest BCUT2D eigenvalue weighted by Gasteiger charge is 2.09. The van der Waals surface area contributed by atoms with E-state index in [9.17, 15) is 4.79 Å². The Balaban J connectivity index is 0.000000222. The molecule has 0 spiro atoms. The van der Waals surface area contributed by atoms with E-state index in [1.165, 1.54) is 44.6 Å². The van der Waals surface area contributed by atoms with Crippen LogP contribution in [0.5, 0.6) is 0 Å². The number of hydrogen-bond donors (Lipinski definition) is 2. The van der Waals surface area contributed by atoms with E-state index in [0.29, 0.717) is 11.0 Å². The van der Waals surface area contributed by atoms with Crippen LogP contribution in [0.3, 0.4) is 0 Å². The molecule has 0 saturated heterocycles. The minimum Gasteiger partial charge on any atom is -0.478 e. The van der Waals surface area contributed by atoms with Crippen LogP contribution in [0.2, 0.25) is 0 Å². The molecule has 0 atom stereocenters. The zero-order chi connectivity index (χ0) is 15.5. The summed E-state index contributed by atoms with van der Waals surface area (Å²) in [4.78, 5) is 10.6. The number of nitrogens with one attached hydrogen (secondary N) is 1. The van der Waals surface area contributed by atoms with Gasteiger partial charge in [-0.25, -0.2) is 4.79 Å². The Labute approximate surface area is 125 Å². The molecule has 2 aromatic rings. The van der Waals surface area contributed by atoms with Gasteiger partial charge in [0.1, 0.15) is 11.0 Å². The molecule has 0 aliphatic carbocycles. The first-order chi connectivity index (χ1) is 10.2. The number of aromatic amines is 1. The molecule has 21 heavy (non-hydrogen) atoms. The van der Waals surface area contributed by atoms with Crippen molar-refractivity contribution in [1.82, 2.24) is 15.4 Å². The van der Waals surface area contributed by atoms with Crippen LogP contribution in [0.4, 0.5) is 0 Å². The number of carbonyl (C=O) groups is 1. The van der Waals surface area contributed by atoms with Crippen molar-refractivity contribution >= 4 is 17.0 Å². The minimum absolute atomic E-state index is 0.168. The fourth-order valence-corrected chi connectivity index (χ4v) is 1.93. The first-order valence-electron chi connectivity index (χ1n) is 7.34. The number of para-hydroxylation sites is 1. The first kappa shape index (κ1) is 16.9. The largest absolute Gasteiger partial charge is 0.478 e. The van der Waals surface area contributed by atoms with Crippen LogP contribution < -0.4 is 0 Å². The molecular weight excluding hydrogens is 266 g/mol. The van der Waals surface area contributed by atoms with Crippen LogP contribution in [0.1, 0.15) is 55.8 Å². The molecule has 2 N–H and O–H groups in total. The van der Waals surface area contributed by atoms with Crippen LogP contribution >= 0.6 is 0 Å². The fraction of sp³-hybridized carbons (Fsp3) is 0.438. The van der Waals surface area contributed by atoms with E-state index in [1.807, 2.05) is 6.08 Å². The van der Waals surface area contributed by atoms with Crippen molar-refractivity contribution in [3.8, 4) is 0 Å². The number of H-pyrrole nitrogens is 1. The Kier molecular flexibility index (Phi) is 7.79. The Hall–Kier alpha value is -2.17. The van der Waals surface area contributed by atoms with E-state index in [4.69, 9.17) is 5.11 Å². The van der Waals surface area contributed by atoms with Gasteiger partial charge in [-0.05, 0) is 25.0 Å². The fourth-order valence-electron chi connectivity index (χ4n) is 1.93. The van der Waals surface area contributed by atoms with Gasteiger partial charge >= 0.3 is 5.97 Å². The molecule has 0 amide bonds. The number of carboxylic acid groups (broad SMARTS) is 1. The second-order valence-electron chi connectivity index (χ2n) is 4.79. The Morgan fingerprint density at radius 2 is 2.05 bits per heavy atom. The van der Waals surface area contributed by atoms with Gasteiger partial charge in [-0.2, -0.15) is 15.4 Å². The van der Waals surface area contributed by atoms with E-state index >= 15 is 0 Å². The quantitative estimate of drug-likeness (QED) is 0.591. The number of hydrogen-bond acceptors (Lipinski definition) is 3. The molecule has 0 saturated carbocycles. The lowest BCUT2D eigenvalue weighted by molar-refractivity contribution is 0.0699. The zero-order valence-corrected chi connectivity index (χ0v) is 12.5. The SMILES string of the molecule is C=CCCCCCCC.O=C(O)c1cccc2n[nH]nc12. The number of fused-ring (bicyclic) bond motifs is 1. The first-order valence-corrected chi connectivity index (χ1v) is 7.34. The average Bonchev–Trinajstić information content (AvgIpc) is 2.96. The second kappa shape index (κ2) is 9.69. The average molecular weight is 289 g/mol. The molecule has 0 fully saturated rings. The van der Waals surface area contributed by atoms with Gasteiger partial charge in [0.15, 0.2) is 0 Å². The van der Waals surface area contributed by atoms with E-state index < -0.39 is 5.97 Å². The monoisotopic (exact) mass is 289 g/mol. The van der Waals surface area contributed by atoms with Gasteiger partial charge < -0.3 is 5.11 Å². The number of benzene rings is 1. The molecule has 0 aliphatic rings. The van der Waals surface area contributed by atoms with Gasteiger partial charge in [0.25, 0.3) is 0 Å². The molecule has 2 rings (SSSR count). The third-order valence-electron chi connectivity index (χ3n) is 3.09. The van der Waals surface area contributed by atoms with Crippen molar-refractivity contribution in [2.75, 3.05) is 0 Å². The van der Waals surface area contributed by atoms with Crippen LogP contribution in [0.15, 0.2) is 30.9 Å². The van der Waals surface area contributed by atoms with E-state index in [0.717, 1.165) is 0 Å². The lowest BCUT2D eigenvalue weighted by Gasteiger charge is -1.94. The Morgan fingerprint density at radius 3 is 2.71 bits per heavy atom. The predicted octanol–water partition coefficient (Wildman–Crippen LogP) is 4.19. The summed E-state index contributed by atoms with van der Waals surface area (Å²) in [7, 11) is 0. The van der Waals surface area contributed by atoms with Crippen LogP contribution in [0, 0.1) is 0 Å². The topological polar surface area (TPSA) is 78.9 Å². The summed E-state index contributed by atoms with van der Waals surface area (Å²) in [5, 5.41) is 18.6. The van der Waals surface area contributed by atoms with Gasteiger partial charge in [0.2, 0.25) is 0 Å². The number of aromatic nitrogens is 3. The molecule has 0 radical (unpaired) electrons. The number of nitrogens with zero attached hydrogens (tertiary/aromatic N) is 2. The number of unbranched alkanes of at least 4 members (excludes halogenated alkanes) is 5. The van der Waals surface area contributed by atoms with Crippen molar-refractivity contribution in [3.63, 3.8) is 0 Å². The van der Waals surface area contributed by atoms with Crippen molar-refractivity contribution in [2.24, 2.45) is 0 Å². The van der Waals surface area contributed by atoms with Crippen LogP contribution in [0.25, 0.3) is 11.0 Å². The number of rotatable bonds is 7. The third kappa shape index (κ3) is 5.77. The van der Waals surface area contributed by atoms with Crippen LogP contribution in [-0.4, -0.2) is 26.5 Å². The highest BCUT2D eigenvalue weighted by atomic mass is 16.4. The van der Waals surface area contributed by atoms with Crippen molar-refractivity contribution in [3.05, 3.63) is 36.4 Å². The number of carboxylic acids is 1. The second-order valence-corrected chi connectivity index (χ2v) is 4.79. The maximum Gasteiger partial charge on any atom is 0.338 e. The molecule has 0 aliphatic heterocycles. The Morgan fingerprint density at radius 1 is 1.29 bits per heavy atom. The number of allylic oxidation sites excluding steroid dienone is 1. The molecule has 1 aromatic carbocycles. The molecule has 1 heterocycles. The molecule has 1 aromatic heterocycles. The summed E-state index contributed by atoms with van der Waals surface area (Å²) >= 11 is 0. The van der Waals surface area contributed by atoms with Gasteiger partial charge in [0, 0.05) is 0 Å². The maximum atomic E-state index is 10.6. The smallest absolute Gasteiger partial charge is 0.338 e. The zero-order valence-electron chi connectivity index (χ0n) is 12.5. The lowest BCUT2D eigenvalue weighted by atomic mass is 10.1. The summed E-state index contributed by atoms with van der Waals surface area (Å²) in [6.07, 6.45) is 10.1. The van der Waals surface area contributed by atoms with Gasteiger partial charge in [0.05, 0.1) is 5.56 Å². The molecular formula is C16H23N3O2. The van der Waals surface area contributed by atoms with Crippen molar-refractivity contribution < 1.29 is 9.90 Å². The summed E-state index contributed by atoms with van der Waals surface area (Å²) in [6.45, 7) is 5.92. The molecule has 114 valence electrons. The summed E-state index contributed by atoms with van der Waals surface area (Å²) in [5.74, 6) is -0.991. The molecule has 0 bridgehead atoms. The molecule has 5 heteroatoms. The standard InChI is InChI=1S/C9H18.C7H5N3O2/c1-3-5-7-9-8-6-4-2;11-7(12)4-2-1-3-5-6(4)9-10-8-5/h3H,1,4-9H2,2H3;1-3H,(H,11,12)(H,8,9,10). The van der Waals surface area contributed by atoms with Crippen molar-refractivity contribution in [1.29, 1.82) is 0 Å². The van der Waals surface area contributed by atoms with E-state index in [-0.39, 0.29) is 5.56 Å². The van der Waals surface area contributed by atoms with Gasteiger partial charge in [-0.15, -0.1) is 6.58 Å². The van der Waals surface area contributed by atoms with Crippen LogP contribution in [-0.2, 0) is 0 Å². The maximum absolute atomic E-state index is 10.6. The molecule has 5 nitrogen and oxygen atoms in total. The predicted molar refractivity (Wildman–Crippen MR) is 84.4 cm³/mol. The minimum atomic E-state index is -0.991. The van der Waals surface area contributed by atoms with E-state index in [2.05, 4.69) is 28.9 Å². The highest BCUT2D eigenvalue weighted by molar-refractivity contribution is 6.00. The summed E-state index contributed by atoms with van der Waals surface area (Å²) in [5.41, 5.74) is 1.13. The highest BCUT2D eigenvalue weighted by Crippen LogP contribution is 2.12. The van der Waals surface area contributed by atoms with Gasteiger partial charge in [-0.1, -0.05) is 44.7 Å². The molecule has 0 unspecified atom stereocenters. The van der Waals surface area contributed by atoms with Gasteiger partial charge in [-0.3, -0.25) is 0 Å². The summed E-state index contributed by atoms with van der Waals surface area (Å²) in [6, 6.07) is 4.83. The third-order valence-corrected chi connectivity index (χ3v) is 3.09. The van der Waals surface area contributed by atoms with Crippen molar-refractivity contribution in [2.45, 2.75) is 45.4 Å².